The SMILES string of the molecule is CCOc1cn(CC(=O)O)c(SCc2ccc(F)cc2)nc1=O. The van der Waals surface area contributed by atoms with Crippen molar-refractivity contribution in [3.63, 3.8) is 0 Å². The molecular weight excluding hydrogens is 323 g/mol. The highest BCUT2D eigenvalue weighted by Crippen LogP contribution is 2.21. The first-order valence-corrected chi connectivity index (χ1v) is 7.81. The van der Waals surface area contributed by atoms with Gasteiger partial charge in [-0.15, -0.1) is 0 Å². The molecule has 0 aliphatic heterocycles. The fourth-order valence-corrected chi connectivity index (χ4v) is 2.73. The van der Waals surface area contributed by atoms with Gasteiger partial charge in [-0.25, -0.2) is 4.39 Å². The number of hydrogen-bond acceptors (Lipinski definition) is 5. The maximum Gasteiger partial charge on any atom is 0.323 e. The molecule has 1 aromatic heterocycles. The predicted octanol–water partition coefficient (Wildman–Crippen LogP) is 2.16. The summed E-state index contributed by atoms with van der Waals surface area (Å²) in [6.45, 7) is 1.67. The lowest BCUT2D eigenvalue weighted by atomic mass is 10.2. The van der Waals surface area contributed by atoms with E-state index in [-0.39, 0.29) is 29.9 Å². The van der Waals surface area contributed by atoms with Crippen LogP contribution in [0.1, 0.15) is 12.5 Å². The minimum atomic E-state index is -1.05. The third-order valence-electron chi connectivity index (χ3n) is 2.81. The van der Waals surface area contributed by atoms with Gasteiger partial charge in [0.15, 0.2) is 5.16 Å². The van der Waals surface area contributed by atoms with Crippen molar-refractivity contribution in [2.75, 3.05) is 6.61 Å². The molecular formula is C15H15FN2O4S. The number of hydrogen-bond donors (Lipinski definition) is 1. The monoisotopic (exact) mass is 338 g/mol. The zero-order valence-corrected chi connectivity index (χ0v) is 13.2. The van der Waals surface area contributed by atoms with E-state index >= 15 is 0 Å². The molecule has 0 saturated carbocycles. The highest BCUT2D eigenvalue weighted by atomic mass is 32.2. The van der Waals surface area contributed by atoms with Gasteiger partial charge in [0.05, 0.1) is 12.8 Å². The maximum absolute atomic E-state index is 12.9. The van der Waals surface area contributed by atoms with E-state index in [4.69, 9.17) is 9.84 Å². The minimum absolute atomic E-state index is 0.0138. The minimum Gasteiger partial charge on any atom is -0.487 e. The molecule has 0 radical (unpaired) electrons. The van der Waals surface area contributed by atoms with Crippen molar-refractivity contribution in [2.24, 2.45) is 0 Å². The number of benzene rings is 1. The van der Waals surface area contributed by atoms with E-state index in [1.54, 1.807) is 19.1 Å². The molecule has 122 valence electrons. The third kappa shape index (κ3) is 4.82. The van der Waals surface area contributed by atoms with Gasteiger partial charge in [-0.1, -0.05) is 23.9 Å². The molecule has 0 bridgehead atoms. The molecule has 0 fully saturated rings. The Bertz CT molecular complexity index is 746. The maximum atomic E-state index is 12.9. The number of aliphatic carboxylic acids is 1. The smallest absolute Gasteiger partial charge is 0.323 e. The lowest BCUT2D eigenvalue weighted by Gasteiger charge is -2.12. The molecule has 0 amide bonds. The number of rotatable bonds is 7. The summed E-state index contributed by atoms with van der Waals surface area (Å²) in [5.74, 6) is -0.942. The van der Waals surface area contributed by atoms with Crippen molar-refractivity contribution >= 4 is 17.7 Å². The average Bonchev–Trinajstić information content (AvgIpc) is 2.50. The van der Waals surface area contributed by atoms with Crippen molar-refractivity contribution in [2.45, 2.75) is 24.4 Å². The highest BCUT2D eigenvalue weighted by Gasteiger charge is 2.12. The first kappa shape index (κ1) is 17.0. The number of ether oxygens (including phenoxy) is 1. The van der Waals surface area contributed by atoms with Crippen LogP contribution in [0, 0.1) is 5.82 Å². The zero-order chi connectivity index (χ0) is 16.8. The number of carbonyl (C=O) groups is 1. The van der Waals surface area contributed by atoms with Crippen LogP contribution in [0.25, 0.3) is 0 Å². The molecule has 1 aromatic carbocycles. The van der Waals surface area contributed by atoms with Crippen LogP contribution in [-0.4, -0.2) is 27.2 Å². The molecule has 23 heavy (non-hydrogen) atoms. The Labute approximate surface area is 135 Å². The summed E-state index contributed by atoms with van der Waals surface area (Å²) in [5, 5.41) is 9.25. The van der Waals surface area contributed by atoms with Crippen LogP contribution in [0.4, 0.5) is 4.39 Å². The van der Waals surface area contributed by atoms with Crippen LogP contribution in [0.2, 0.25) is 0 Å². The Kier molecular flexibility index (Phi) is 5.75. The first-order chi connectivity index (χ1) is 11.0. The van der Waals surface area contributed by atoms with Gasteiger partial charge >= 0.3 is 11.5 Å². The number of carboxylic acid groups (broad SMARTS) is 1. The Morgan fingerprint density at radius 1 is 1.39 bits per heavy atom. The standard InChI is InChI=1S/C15H15FN2O4S/c1-2-22-12-7-18(8-13(19)20)15(17-14(12)21)23-9-10-3-5-11(16)6-4-10/h3-7H,2,8-9H2,1H3,(H,19,20). The van der Waals surface area contributed by atoms with Crippen LogP contribution in [0.15, 0.2) is 40.4 Å². The number of halogens is 1. The van der Waals surface area contributed by atoms with Crippen LogP contribution in [0.5, 0.6) is 5.75 Å². The fraction of sp³-hybridized carbons (Fsp3) is 0.267. The van der Waals surface area contributed by atoms with E-state index < -0.39 is 11.5 Å². The number of thioether (sulfide) groups is 1. The second-order valence-corrected chi connectivity index (χ2v) is 5.51. The molecule has 0 unspecified atom stereocenters. The fourth-order valence-electron chi connectivity index (χ4n) is 1.82. The topological polar surface area (TPSA) is 81.4 Å². The van der Waals surface area contributed by atoms with Gasteiger partial charge in [0.25, 0.3) is 0 Å². The third-order valence-corrected chi connectivity index (χ3v) is 3.88. The number of aromatic nitrogens is 2. The molecule has 0 atom stereocenters. The summed E-state index contributed by atoms with van der Waals surface area (Å²) < 4.78 is 19.4. The summed E-state index contributed by atoms with van der Waals surface area (Å²) in [4.78, 5) is 26.7. The predicted molar refractivity (Wildman–Crippen MR) is 83.3 cm³/mol. The van der Waals surface area contributed by atoms with Gasteiger partial charge in [0, 0.05) is 5.75 Å². The average molecular weight is 338 g/mol. The Morgan fingerprint density at radius 3 is 2.70 bits per heavy atom. The van der Waals surface area contributed by atoms with Gasteiger partial charge < -0.3 is 14.4 Å². The largest absolute Gasteiger partial charge is 0.487 e. The second kappa shape index (κ2) is 7.77. The van der Waals surface area contributed by atoms with E-state index in [1.165, 1.54) is 34.7 Å². The van der Waals surface area contributed by atoms with Gasteiger partial charge in [-0.05, 0) is 24.6 Å². The molecule has 2 aromatic rings. The molecule has 2 rings (SSSR count). The summed E-state index contributed by atoms with van der Waals surface area (Å²) in [5.41, 5.74) is 0.288. The Morgan fingerprint density at radius 2 is 2.09 bits per heavy atom. The molecule has 1 heterocycles. The van der Waals surface area contributed by atoms with Crippen molar-refractivity contribution in [3.8, 4) is 5.75 Å². The van der Waals surface area contributed by atoms with Crippen molar-refractivity contribution in [1.82, 2.24) is 9.55 Å². The first-order valence-electron chi connectivity index (χ1n) is 6.83. The normalized spacial score (nSPS) is 10.5. The molecule has 1 N–H and O–H groups in total. The summed E-state index contributed by atoms with van der Waals surface area (Å²) >= 11 is 1.20. The molecule has 6 nitrogen and oxygen atoms in total. The molecule has 0 aliphatic rings. The molecule has 0 saturated heterocycles. The zero-order valence-electron chi connectivity index (χ0n) is 12.4. The summed E-state index contributed by atoms with van der Waals surface area (Å²) in [7, 11) is 0. The van der Waals surface area contributed by atoms with E-state index in [9.17, 15) is 14.0 Å². The Balaban J connectivity index is 2.24. The van der Waals surface area contributed by atoms with E-state index in [1.807, 2.05) is 0 Å². The van der Waals surface area contributed by atoms with E-state index in [0.29, 0.717) is 5.75 Å². The Hall–Kier alpha value is -2.35. The van der Waals surface area contributed by atoms with Gasteiger partial charge in [0.1, 0.15) is 12.4 Å². The van der Waals surface area contributed by atoms with E-state index in [2.05, 4.69) is 4.98 Å². The van der Waals surface area contributed by atoms with Gasteiger partial charge in [0.2, 0.25) is 5.75 Å². The van der Waals surface area contributed by atoms with Crippen LogP contribution in [-0.2, 0) is 17.1 Å². The van der Waals surface area contributed by atoms with Crippen molar-refractivity contribution in [3.05, 3.63) is 52.2 Å². The number of carboxylic acids is 1. The number of nitrogens with zero attached hydrogens (tertiary/aromatic N) is 2. The quantitative estimate of drug-likeness (QED) is 0.615. The summed E-state index contributed by atoms with van der Waals surface area (Å²) in [6, 6.07) is 5.92. The molecule has 0 aliphatic carbocycles. The molecule has 8 heteroatoms. The van der Waals surface area contributed by atoms with Crippen molar-refractivity contribution < 1.29 is 19.0 Å². The van der Waals surface area contributed by atoms with Gasteiger partial charge in [-0.2, -0.15) is 4.98 Å². The molecule has 0 spiro atoms. The van der Waals surface area contributed by atoms with Gasteiger partial charge in [-0.3, -0.25) is 9.59 Å². The highest BCUT2D eigenvalue weighted by molar-refractivity contribution is 7.98. The second-order valence-electron chi connectivity index (χ2n) is 4.56. The van der Waals surface area contributed by atoms with Crippen LogP contribution in [0.3, 0.4) is 0 Å². The van der Waals surface area contributed by atoms with Crippen LogP contribution < -0.4 is 10.3 Å². The lowest BCUT2D eigenvalue weighted by Crippen LogP contribution is -2.20. The van der Waals surface area contributed by atoms with Crippen LogP contribution >= 0.6 is 11.8 Å². The van der Waals surface area contributed by atoms with Crippen molar-refractivity contribution in [1.29, 1.82) is 0 Å². The van der Waals surface area contributed by atoms with E-state index in [0.717, 1.165) is 5.56 Å². The lowest BCUT2D eigenvalue weighted by molar-refractivity contribution is -0.137. The summed E-state index contributed by atoms with van der Waals surface area (Å²) in [6.07, 6.45) is 1.35.